The van der Waals surface area contributed by atoms with E-state index in [0.29, 0.717) is 14.5 Å². The van der Waals surface area contributed by atoms with Crippen molar-refractivity contribution in [3.8, 4) is 0 Å². The third kappa shape index (κ3) is 1.63. The second-order valence-electron chi connectivity index (χ2n) is 2.73. The van der Waals surface area contributed by atoms with Crippen molar-refractivity contribution in [1.29, 1.82) is 0 Å². The quantitative estimate of drug-likeness (QED) is 0.739. The van der Waals surface area contributed by atoms with Crippen LogP contribution >= 0.6 is 0 Å². The van der Waals surface area contributed by atoms with Gasteiger partial charge < -0.3 is 0 Å². The minimum atomic E-state index is -4.29. The van der Waals surface area contributed by atoms with Gasteiger partial charge in [0.1, 0.15) is 0 Å². The number of fused-ring (bicyclic) bond motifs is 1. The fourth-order valence-electron chi connectivity index (χ4n) is 1.12. The number of halogens is 3. The number of hydrogen-bond acceptors (Lipinski definition) is 2. The van der Waals surface area contributed by atoms with E-state index in [0.717, 1.165) is 12.1 Å². The van der Waals surface area contributed by atoms with E-state index < -0.39 is 11.7 Å². The third-order valence-electron chi connectivity index (χ3n) is 1.73. The summed E-state index contributed by atoms with van der Waals surface area (Å²) in [7, 11) is 0. The molecule has 0 radical (unpaired) electrons. The Bertz CT molecular complexity index is 475. The first-order valence-corrected chi connectivity index (χ1v) is 5.41. The van der Waals surface area contributed by atoms with Crippen molar-refractivity contribution in [2.75, 3.05) is 5.73 Å². The Balaban J connectivity index is 2.62. The van der Waals surface area contributed by atoms with Crippen LogP contribution in [0.4, 0.5) is 17.9 Å². The number of anilines is 1. The van der Waals surface area contributed by atoms with E-state index in [9.17, 15) is 13.2 Å². The zero-order valence-corrected chi connectivity index (χ0v) is 8.51. The van der Waals surface area contributed by atoms with Gasteiger partial charge in [-0.1, -0.05) is 0 Å². The molecule has 2 nitrogen and oxygen atoms in total. The van der Waals surface area contributed by atoms with Crippen LogP contribution in [0.5, 0.6) is 0 Å². The van der Waals surface area contributed by atoms with Gasteiger partial charge in [-0.05, 0) is 0 Å². The molecule has 2 N–H and O–H groups in total. The van der Waals surface area contributed by atoms with Crippen molar-refractivity contribution in [3.05, 3.63) is 23.8 Å². The Morgan fingerprint density at radius 3 is 2.64 bits per heavy atom. The summed E-state index contributed by atoms with van der Waals surface area (Å²) in [6.45, 7) is 0. The molecule has 0 aliphatic heterocycles. The van der Waals surface area contributed by atoms with E-state index >= 15 is 0 Å². The van der Waals surface area contributed by atoms with Gasteiger partial charge in [0.2, 0.25) is 0 Å². The minimum absolute atomic E-state index is 0.253. The molecule has 0 unspecified atom stereocenters. The van der Waals surface area contributed by atoms with E-state index in [1.165, 1.54) is 6.07 Å². The molecule has 6 heteroatoms. The monoisotopic (exact) mass is 266 g/mol. The summed E-state index contributed by atoms with van der Waals surface area (Å²) in [5.74, 6) is 0. The number of aromatic nitrogens is 1. The zero-order chi connectivity index (χ0) is 10.3. The fourth-order valence-corrected chi connectivity index (χ4v) is 2.74. The predicted octanol–water partition coefficient (Wildman–Crippen LogP) is 1.89. The molecule has 74 valence electrons. The number of hydrogen-bond donors (Lipinski definition) is 1. The summed E-state index contributed by atoms with van der Waals surface area (Å²) in [6, 6.07) is 3.51. The molecule has 0 aliphatic rings. The molecule has 0 saturated carbocycles. The van der Waals surface area contributed by atoms with Crippen molar-refractivity contribution in [3.63, 3.8) is 0 Å². The number of nitrogens with two attached hydrogens (primary N) is 1. The maximum absolute atomic E-state index is 12.3. The molecule has 14 heavy (non-hydrogen) atoms. The average molecular weight is 265 g/mol. The second kappa shape index (κ2) is 3.00. The zero-order valence-electron chi connectivity index (χ0n) is 6.80. The van der Waals surface area contributed by atoms with Gasteiger partial charge in [0.25, 0.3) is 0 Å². The van der Waals surface area contributed by atoms with Crippen LogP contribution in [-0.4, -0.2) is 19.5 Å². The van der Waals surface area contributed by atoms with E-state index in [1.807, 2.05) is 0 Å². The number of nitrogen functional groups attached to an aromatic ring is 1. The van der Waals surface area contributed by atoms with Crippen LogP contribution in [0.15, 0.2) is 18.2 Å². The van der Waals surface area contributed by atoms with Crippen LogP contribution in [0.3, 0.4) is 0 Å². The van der Waals surface area contributed by atoms with Crippen molar-refractivity contribution in [1.82, 2.24) is 4.98 Å². The Kier molecular flexibility index (Phi) is 2.05. The van der Waals surface area contributed by atoms with E-state index in [4.69, 9.17) is 5.73 Å². The summed E-state index contributed by atoms with van der Waals surface area (Å²) < 4.78 is 37.9. The topological polar surface area (TPSA) is 38.9 Å². The Morgan fingerprint density at radius 2 is 2.00 bits per heavy atom. The second-order valence-corrected chi connectivity index (χ2v) is 4.96. The normalized spacial score (nSPS) is 12.2. The Labute approximate surface area is 83.3 Å². The average Bonchev–Trinajstić information content (AvgIpc) is 2.41. The number of rotatable bonds is 0. The summed E-state index contributed by atoms with van der Waals surface area (Å²) in [4.78, 5) is 3.93. The van der Waals surface area contributed by atoms with Crippen LogP contribution in [0.2, 0.25) is 0 Å². The van der Waals surface area contributed by atoms with Gasteiger partial charge in [-0.15, -0.1) is 0 Å². The molecule has 2 rings (SSSR count). The van der Waals surface area contributed by atoms with E-state index in [1.54, 1.807) is 0 Å². The van der Waals surface area contributed by atoms with Gasteiger partial charge in [-0.25, -0.2) is 0 Å². The fraction of sp³-hybridized carbons (Fsp3) is 0.125. The van der Waals surface area contributed by atoms with Gasteiger partial charge in [-0.3, -0.25) is 0 Å². The van der Waals surface area contributed by atoms with Gasteiger partial charge in [0.05, 0.1) is 0 Å². The van der Waals surface area contributed by atoms with Crippen molar-refractivity contribution < 1.29 is 13.2 Å². The molecule has 0 saturated heterocycles. The van der Waals surface area contributed by atoms with Crippen LogP contribution in [0.1, 0.15) is 5.56 Å². The van der Waals surface area contributed by atoms with Crippen LogP contribution in [0.25, 0.3) is 9.78 Å². The van der Waals surface area contributed by atoms with Gasteiger partial charge in [0, 0.05) is 0 Å². The summed E-state index contributed by atoms with van der Waals surface area (Å²) in [5, 5.41) is 0. The molecule has 0 amide bonds. The van der Waals surface area contributed by atoms with E-state index in [2.05, 4.69) is 4.98 Å². The molecule has 1 heterocycles. The SMILES string of the molecule is Nc1nc2ccc(C(F)(F)F)cc2[se]1. The summed E-state index contributed by atoms with van der Waals surface area (Å²) >= 11 is -0.253. The van der Waals surface area contributed by atoms with Crippen molar-refractivity contribution >= 4 is 29.0 Å². The predicted molar refractivity (Wildman–Crippen MR) is 48.1 cm³/mol. The first-order chi connectivity index (χ1) is 6.47. The molecular weight excluding hydrogens is 260 g/mol. The molecule has 0 fully saturated rings. The first-order valence-electron chi connectivity index (χ1n) is 3.70. The molecule has 0 atom stereocenters. The van der Waals surface area contributed by atoms with Crippen LogP contribution in [-0.2, 0) is 6.18 Å². The van der Waals surface area contributed by atoms with Crippen molar-refractivity contribution in [2.45, 2.75) is 6.18 Å². The molecule has 0 spiro atoms. The van der Waals surface area contributed by atoms with Crippen molar-refractivity contribution in [2.24, 2.45) is 0 Å². The molecular formula is C8H5F3N2Se. The third-order valence-corrected chi connectivity index (χ3v) is 3.51. The summed E-state index contributed by atoms with van der Waals surface area (Å²) in [6.07, 6.45) is -4.29. The van der Waals surface area contributed by atoms with E-state index in [-0.39, 0.29) is 14.5 Å². The first kappa shape index (κ1) is 9.55. The number of nitrogens with zero attached hydrogens (tertiary/aromatic N) is 1. The molecule has 0 aliphatic carbocycles. The maximum atomic E-state index is 12.3. The van der Waals surface area contributed by atoms with Gasteiger partial charge in [-0.2, -0.15) is 0 Å². The van der Waals surface area contributed by atoms with Gasteiger partial charge >= 0.3 is 82.8 Å². The van der Waals surface area contributed by atoms with Crippen LogP contribution in [0, 0.1) is 0 Å². The Hall–Kier alpha value is -1.00. The van der Waals surface area contributed by atoms with Crippen LogP contribution < -0.4 is 5.73 Å². The molecule has 1 aromatic carbocycles. The standard InChI is InChI=1S/C8H5F3N2Se/c9-8(10,11)4-1-2-5-6(3-4)14-7(12)13-5/h1-3H,(H2,12,13). The molecule has 0 bridgehead atoms. The number of benzene rings is 1. The molecule has 2 aromatic rings. The number of alkyl halides is 3. The summed E-state index contributed by atoms with van der Waals surface area (Å²) in [5.41, 5.74) is 5.37. The molecule has 1 aromatic heterocycles. The van der Waals surface area contributed by atoms with Gasteiger partial charge in [0.15, 0.2) is 0 Å². The Morgan fingerprint density at radius 1 is 1.29 bits per heavy atom.